The second-order valence-electron chi connectivity index (χ2n) is 12.5. The van der Waals surface area contributed by atoms with E-state index in [0.29, 0.717) is 0 Å². The van der Waals surface area contributed by atoms with Crippen LogP contribution in [0.25, 0.3) is 0 Å². The lowest BCUT2D eigenvalue weighted by Gasteiger charge is -2.24. The van der Waals surface area contributed by atoms with E-state index in [4.69, 9.17) is 0 Å². The summed E-state index contributed by atoms with van der Waals surface area (Å²) < 4.78 is 0.836. The molecule has 26 heteroatoms. The van der Waals surface area contributed by atoms with E-state index in [1.54, 1.807) is 136 Å². The standard InChI is InChI=1S/C33H40I6N6O14/c1-44(6-14(52)10-48)32(58)20-22(34)18(30(56)40-4-12(50)8-46)24(36)28(26(20)38)42-16(54)3-17(55)43-29-25(37)19(31(57)41-5-13(51)9-47)23(35)21(27(29)39)33(59)45(2)7-15(53)11-49/h12-15,46-53H,3-11H2,1-2H3,(H,40,56)(H,41,57)(H,42,54)(H,43,55). The van der Waals surface area contributed by atoms with Gasteiger partial charge in [0.2, 0.25) is 11.8 Å². The topological polar surface area (TPSA) is 319 Å². The van der Waals surface area contributed by atoms with Crippen LogP contribution in [0.5, 0.6) is 0 Å². The van der Waals surface area contributed by atoms with Gasteiger partial charge in [-0.05, 0) is 136 Å². The first kappa shape index (κ1) is 54.5. The highest BCUT2D eigenvalue weighted by Gasteiger charge is 2.33. The van der Waals surface area contributed by atoms with E-state index in [9.17, 15) is 69.6 Å². The molecule has 2 rings (SSSR count). The van der Waals surface area contributed by atoms with Gasteiger partial charge in [0.1, 0.15) is 6.42 Å². The van der Waals surface area contributed by atoms with Crippen LogP contribution in [0.3, 0.4) is 0 Å². The smallest absolute Gasteiger partial charge is 0.255 e. The van der Waals surface area contributed by atoms with Crippen molar-refractivity contribution in [1.29, 1.82) is 0 Å². The van der Waals surface area contributed by atoms with Gasteiger partial charge in [-0.3, -0.25) is 28.8 Å². The zero-order valence-electron chi connectivity index (χ0n) is 30.9. The molecule has 6 amide bonds. The average molecular weight is 1510 g/mol. The van der Waals surface area contributed by atoms with Crippen LogP contribution in [0.2, 0.25) is 0 Å². The third-order valence-corrected chi connectivity index (χ3v) is 14.3. The van der Waals surface area contributed by atoms with Crippen LogP contribution in [0.1, 0.15) is 47.9 Å². The third kappa shape index (κ3) is 14.7. The number of likely N-dealkylation sites (N-methyl/N-ethyl adjacent to an activating group) is 2. The van der Waals surface area contributed by atoms with E-state index in [-0.39, 0.29) is 81.2 Å². The number of nitrogens with zero attached hydrogens (tertiary/aromatic N) is 2. The summed E-state index contributed by atoms with van der Waals surface area (Å²) in [6.45, 7) is -3.90. The van der Waals surface area contributed by atoms with Gasteiger partial charge >= 0.3 is 0 Å². The molecular weight excluding hydrogens is 1470 g/mol. The zero-order chi connectivity index (χ0) is 45.0. The molecule has 0 bridgehead atoms. The zero-order valence-corrected chi connectivity index (χ0v) is 43.8. The Kier molecular flexibility index (Phi) is 23.6. The Hall–Kier alpha value is -0.680. The normalized spacial score (nSPS) is 13.2. The molecule has 0 saturated heterocycles. The molecule has 0 radical (unpaired) electrons. The summed E-state index contributed by atoms with van der Waals surface area (Å²) in [6.07, 6.45) is -6.06. The van der Waals surface area contributed by atoms with Crippen molar-refractivity contribution in [2.24, 2.45) is 0 Å². The van der Waals surface area contributed by atoms with Crippen molar-refractivity contribution in [1.82, 2.24) is 20.4 Å². The lowest BCUT2D eigenvalue weighted by Crippen LogP contribution is -2.38. The average Bonchev–Trinajstić information content (AvgIpc) is 3.18. The Morgan fingerprint density at radius 1 is 0.492 bits per heavy atom. The van der Waals surface area contributed by atoms with Gasteiger partial charge in [0.25, 0.3) is 23.6 Å². The summed E-state index contributed by atoms with van der Waals surface area (Å²) in [6, 6.07) is 0. The van der Waals surface area contributed by atoms with Crippen LogP contribution in [0.15, 0.2) is 0 Å². The van der Waals surface area contributed by atoms with E-state index in [2.05, 4.69) is 21.3 Å². The maximum absolute atomic E-state index is 13.7. The van der Waals surface area contributed by atoms with E-state index in [0.717, 1.165) is 9.80 Å². The quantitative estimate of drug-likeness (QED) is 0.0577. The number of hydrogen-bond donors (Lipinski definition) is 12. The summed E-state index contributed by atoms with van der Waals surface area (Å²) >= 11 is 10.6. The van der Waals surface area contributed by atoms with Crippen molar-refractivity contribution in [3.63, 3.8) is 0 Å². The highest BCUT2D eigenvalue weighted by Crippen LogP contribution is 2.38. The van der Waals surface area contributed by atoms with Crippen LogP contribution in [0, 0.1) is 21.4 Å². The van der Waals surface area contributed by atoms with Gasteiger partial charge in [-0.2, -0.15) is 0 Å². The van der Waals surface area contributed by atoms with Gasteiger partial charge in [0, 0.05) is 47.4 Å². The largest absolute Gasteiger partial charge is 0.394 e. The molecule has 0 aliphatic carbocycles. The number of amides is 6. The molecule has 0 aliphatic heterocycles. The number of halogens is 6. The summed E-state index contributed by atoms with van der Waals surface area (Å²) in [5, 5.41) is 86.8. The summed E-state index contributed by atoms with van der Waals surface area (Å²) in [4.78, 5) is 83.7. The van der Waals surface area contributed by atoms with Gasteiger partial charge in [0.05, 0.1) is 98.8 Å². The Bertz CT molecular complexity index is 1790. The fourth-order valence-electron chi connectivity index (χ4n) is 4.86. The predicted molar refractivity (Wildman–Crippen MR) is 262 cm³/mol. The second kappa shape index (κ2) is 25.6. The Morgan fingerprint density at radius 2 is 0.780 bits per heavy atom. The lowest BCUT2D eigenvalue weighted by molar-refractivity contribution is -0.123. The minimum atomic E-state index is -1.30. The van der Waals surface area contributed by atoms with Crippen LogP contribution in [-0.2, 0) is 9.59 Å². The van der Waals surface area contributed by atoms with Crippen LogP contribution < -0.4 is 21.3 Å². The molecule has 0 saturated carbocycles. The van der Waals surface area contributed by atoms with E-state index < -0.39 is 92.7 Å². The number of anilines is 2. The Balaban J connectivity index is 2.65. The molecule has 4 atom stereocenters. The van der Waals surface area contributed by atoms with Gasteiger partial charge in [-0.15, -0.1) is 0 Å². The second-order valence-corrected chi connectivity index (χ2v) is 19.0. The van der Waals surface area contributed by atoms with Crippen molar-refractivity contribution in [2.75, 3.05) is 77.3 Å². The van der Waals surface area contributed by atoms with Crippen molar-refractivity contribution in [3.05, 3.63) is 43.7 Å². The molecule has 0 aromatic heterocycles. The molecule has 12 N–H and O–H groups in total. The number of nitrogens with one attached hydrogen (secondary N) is 4. The van der Waals surface area contributed by atoms with Gasteiger partial charge < -0.3 is 71.9 Å². The molecule has 0 fully saturated rings. The third-order valence-electron chi connectivity index (χ3n) is 7.87. The molecule has 0 spiro atoms. The molecule has 59 heavy (non-hydrogen) atoms. The molecular formula is C33H40I6N6O14. The maximum atomic E-state index is 13.7. The van der Waals surface area contributed by atoms with E-state index >= 15 is 0 Å². The van der Waals surface area contributed by atoms with Crippen LogP contribution >= 0.6 is 136 Å². The van der Waals surface area contributed by atoms with E-state index in [1.807, 2.05) is 0 Å². The summed E-state index contributed by atoms with van der Waals surface area (Å²) in [5.74, 6) is -4.81. The molecule has 20 nitrogen and oxygen atoms in total. The number of benzene rings is 2. The number of rotatable bonds is 20. The first-order valence-corrected chi connectivity index (χ1v) is 23.3. The van der Waals surface area contributed by atoms with Crippen LogP contribution in [-0.4, -0.2) is 177 Å². The molecule has 0 aliphatic rings. The number of carbonyl (C=O) groups excluding carboxylic acids is 6. The first-order chi connectivity index (χ1) is 27.6. The fourth-order valence-corrected chi connectivity index (χ4v) is 13.6. The highest BCUT2D eigenvalue weighted by molar-refractivity contribution is 14.1. The minimum absolute atomic E-state index is 0.0415. The fraction of sp³-hybridized carbons (Fsp3) is 0.455. The highest BCUT2D eigenvalue weighted by atomic mass is 127. The summed E-state index contributed by atoms with van der Waals surface area (Å²) in [5.41, 5.74) is -0.406. The number of carbonyl (C=O) groups is 6. The van der Waals surface area contributed by atoms with Crippen LogP contribution in [0.4, 0.5) is 11.4 Å². The number of aliphatic hydroxyl groups is 8. The van der Waals surface area contributed by atoms with Gasteiger partial charge in [-0.1, -0.05) is 0 Å². The monoisotopic (exact) mass is 1510 g/mol. The number of aliphatic hydroxyl groups excluding tert-OH is 8. The molecule has 328 valence electrons. The van der Waals surface area contributed by atoms with Gasteiger partial charge in [-0.25, -0.2) is 0 Å². The molecule has 4 unspecified atom stereocenters. The van der Waals surface area contributed by atoms with Gasteiger partial charge in [0.15, 0.2) is 0 Å². The maximum Gasteiger partial charge on any atom is 0.255 e. The molecule has 2 aromatic rings. The minimum Gasteiger partial charge on any atom is -0.394 e. The van der Waals surface area contributed by atoms with E-state index in [1.165, 1.54) is 14.1 Å². The first-order valence-electron chi connectivity index (χ1n) is 16.8. The Labute approximate surface area is 419 Å². The Morgan fingerprint density at radius 3 is 1.07 bits per heavy atom. The number of hydrogen-bond acceptors (Lipinski definition) is 14. The van der Waals surface area contributed by atoms with Crippen molar-refractivity contribution >= 4 is 182 Å². The molecule has 0 heterocycles. The predicted octanol–water partition coefficient (Wildman–Crippen LogP) is -0.702. The van der Waals surface area contributed by atoms with Crippen molar-refractivity contribution in [3.8, 4) is 0 Å². The SMILES string of the molecule is CN(CC(O)CO)C(=O)c1c(I)c(NC(=O)CC(=O)Nc2c(I)c(C(=O)NCC(O)CO)c(I)c(C(=O)N(C)CC(O)CO)c2I)c(I)c(C(=O)NCC(O)CO)c1I. The van der Waals surface area contributed by atoms with Crippen molar-refractivity contribution in [2.45, 2.75) is 30.8 Å². The lowest BCUT2D eigenvalue weighted by atomic mass is 10.1. The molecule has 2 aromatic carbocycles. The summed E-state index contributed by atoms with van der Waals surface area (Å²) in [7, 11) is 2.70. The van der Waals surface area contributed by atoms with Crippen molar-refractivity contribution < 1.29 is 69.6 Å².